The highest BCUT2D eigenvalue weighted by molar-refractivity contribution is 5.80. The lowest BCUT2D eigenvalue weighted by molar-refractivity contribution is -0.121. The number of hydrogen-bond donors (Lipinski definition) is 2. The molecule has 1 saturated carbocycles. The predicted octanol–water partition coefficient (Wildman–Crippen LogP) is 0.248. The standard InChI is InChI=1S/C8H16N2O/c1-5(2)7(8(9)11)10-6-3-4-6/h5-7,10H,3-4H2,1-2H3,(H2,9,11). The lowest BCUT2D eigenvalue weighted by Gasteiger charge is -2.18. The van der Waals surface area contributed by atoms with Crippen molar-refractivity contribution in [3.63, 3.8) is 0 Å². The van der Waals surface area contributed by atoms with Gasteiger partial charge in [0.2, 0.25) is 5.91 Å². The molecule has 0 heterocycles. The van der Waals surface area contributed by atoms with Crippen molar-refractivity contribution in [3.05, 3.63) is 0 Å². The number of carbonyl (C=O) groups excluding carboxylic acids is 1. The molecule has 0 aromatic heterocycles. The molecule has 3 heteroatoms. The third-order valence-corrected chi connectivity index (χ3v) is 1.97. The number of hydrogen-bond acceptors (Lipinski definition) is 2. The van der Waals surface area contributed by atoms with Gasteiger partial charge in [-0.2, -0.15) is 0 Å². The van der Waals surface area contributed by atoms with Gasteiger partial charge in [-0.15, -0.1) is 0 Å². The summed E-state index contributed by atoms with van der Waals surface area (Å²) in [5.41, 5.74) is 5.21. The van der Waals surface area contributed by atoms with Gasteiger partial charge in [0.1, 0.15) is 0 Å². The summed E-state index contributed by atoms with van der Waals surface area (Å²) >= 11 is 0. The van der Waals surface area contributed by atoms with Crippen LogP contribution in [0.5, 0.6) is 0 Å². The van der Waals surface area contributed by atoms with E-state index in [-0.39, 0.29) is 11.9 Å². The average molecular weight is 156 g/mol. The molecule has 0 aliphatic heterocycles. The van der Waals surface area contributed by atoms with Crippen LogP contribution in [-0.4, -0.2) is 18.0 Å². The fourth-order valence-corrected chi connectivity index (χ4v) is 1.11. The molecule has 64 valence electrons. The van der Waals surface area contributed by atoms with E-state index in [0.29, 0.717) is 12.0 Å². The monoisotopic (exact) mass is 156 g/mol. The van der Waals surface area contributed by atoms with E-state index >= 15 is 0 Å². The van der Waals surface area contributed by atoms with Crippen LogP contribution in [-0.2, 0) is 4.79 Å². The Hall–Kier alpha value is -0.570. The Balaban J connectivity index is 2.37. The van der Waals surface area contributed by atoms with Crippen LogP contribution >= 0.6 is 0 Å². The second kappa shape index (κ2) is 3.22. The Morgan fingerprint density at radius 3 is 2.36 bits per heavy atom. The average Bonchev–Trinajstić information content (AvgIpc) is 2.63. The zero-order chi connectivity index (χ0) is 8.43. The van der Waals surface area contributed by atoms with E-state index in [4.69, 9.17) is 5.73 Å². The Labute approximate surface area is 67.3 Å². The molecule has 0 aromatic carbocycles. The zero-order valence-electron chi connectivity index (χ0n) is 7.13. The first-order valence-corrected chi connectivity index (χ1v) is 4.16. The molecule has 0 saturated heterocycles. The van der Waals surface area contributed by atoms with Gasteiger partial charge in [0.15, 0.2) is 0 Å². The van der Waals surface area contributed by atoms with Gasteiger partial charge in [-0.05, 0) is 18.8 Å². The summed E-state index contributed by atoms with van der Waals surface area (Å²) in [4.78, 5) is 10.9. The molecule has 1 aliphatic carbocycles. The molecular weight excluding hydrogens is 140 g/mol. The van der Waals surface area contributed by atoms with Crippen molar-refractivity contribution in [2.45, 2.75) is 38.8 Å². The summed E-state index contributed by atoms with van der Waals surface area (Å²) < 4.78 is 0. The van der Waals surface area contributed by atoms with Gasteiger partial charge in [0.25, 0.3) is 0 Å². The van der Waals surface area contributed by atoms with Crippen LogP contribution in [0.15, 0.2) is 0 Å². The molecule has 0 aromatic rings. The summed E-state index contributed by atoms with van der Waals surface area (Å²) in [7, 11) is 0. The molecule has 1 unspecified atom stereocenters. The van der Waals surface area contributed by atoms with Crippen molar-refractivity contribution in [3.8, 4) is 0 Å². The van der Waals surface area contributed by atoms with Gasteiger partial charge >= 0.3 is 0 Å². The minimum absolute atomic E-state index is 0.137. The van der Waals surface area contributed by atoms with Crippen molar-refractivity contribution >= 4 is 5.91 Å². The van der Waals surface area contributed by atoms with E-state index in [1.54, 1.807) is 0 Å². The number of nitrogens with two attached hydrogens (primary N) is 1. The third-order valence-electron chi connectivity index (χ3n) is 1.97. The molecule has 1 fully saturated rings. The summed E-state index contributed by atoms with van der Waals surface area (Å²) in [6, 6.07) is 0.414. The SMILES string of the molecule is CC(C)C(NC1CC1)C(N)=O. The van der Waals surface area contributed by atoms with Gasteiger partial charge in [-0.3, -0.25) is 4.79 Å². The minimum atomic E-state index is -0.230. The smallest absolute Gasteiger partial charge is 0.234 e. The minimum Gasteiger partial charge on any atom is -0.368 e. The van der Waals surface area contributed by atoms with Crippen molar-refractivity contribution in [2.24, 2.45) is 11.7 Å². The third kappa shape index (κ3) is 2.50. The van der Waals surface area contributed by atoms with Gasteiger partial charge in [-0.25, -0.2) is 0 Å². The molecule has 3 nitrogen and oxygen atoms in total. The molecule has 0 spiro atoms. The Bertz CT molecular complexity index is 152. The molecule has 1 aliphatic rings. The highest BCUT2D eigenvalue weighted by Crippen LogP contribution is 2.20. The van der Waals surface area contributed by atoms with Crippen LogP contribution in [0.1, 0.15) is 26.7 Å². The van der Waals surface area contributed by atoms with E-state index in [2.05, 4.69) is 5.32 Å². The van der Waals surface area contributed by atoms with Gasteiger partial charge < -0.3 is 11.1 Å². The molecule has 11 heavy (non-hydrogen) atoms. The quantitative estimate of drug-likeness (QED) is 0.613. The highest BCUT2D eigenvalue weighted by atomic mass is 16.1. The van der Waals surface area contributed by atoms with Crippen molar-refractivity contribution in [2.75, 3.05) is 0 Å². The molecule has 0 radical (unpaired) electrons. The Morgan fingerprint density at radius 2 is 2.09 bits per heavy atom. The van der Waals surface area contributed by atoms with Gasteiger partial charge in [0.05, 0.1) is 6.04 Å². The van der Waals surface area contributed by atoms with Crippen LogP contribution in [0.25, 0.3) is 0 Å². The fourth-order valence-electron chi connectivity index (χ4n) is 1.11. The van der Waals surface area contributed by atoms with Gasteiger partial charge in [-0.1, -0.05) is 13.8 Å². The molecule has 1 amide bonds. The molecule has 1 atom stereocenters. The first-order valence-electron chi connectivity index (χ1n) is 4.16. The maximum atomic E-state index is 10.9. The van der Waals surface area contributed by atoms with Crippen LogP contribution in [0.4, 0.5) is 0 Å². The maximum absolute atomic E-state index is 10.9. The van der Waals surface area contributed by atoms with Crippen molar-refractivity contribution in [1.82, 2.24) is 5.32 Å². The van der Waals surface area contributed by atoms with E-state index in [0.717, 1.165) is 0 Å². The van der Waals surface area contributed by atoms with Crippen molar-refractivity contribution < 1.29 is 4.79 Å². The Kier molecular flexibility index (Phi) is 2.49. The summed E-state index contributed by atoms with van der Waals surface area (Å²) in [6.45, 7) is 4.01. The second-order valence-electron chi connectivity index (χ2n) is 3.56. The van der Waals surface area contributed by atoms with Crippen LogP contribution in [0, 0.1) is 5.92 Å². The lowest BCUT2D eigenvalue weighted by atomic mass is 10.0. The summed E-state index contributed by atoms with van der Waals surface area (Å²) in [6.07, 6.45) is 2.38. The molecule has 0 bridgehead atoms. The first kappa shape index (κ1) is 8.53. The normalized spacial score (nSPS) is 20.3. The molecule has 1 rings (SSSR count). The topological polar surface area (TPSA) is 55.1 Å². The molecule has 3 N–H and O–H groups in total. The van der Waals surface area contributed by atoms with Crippen LogP contribution in [0.3, 0.4) is 0 Å². The highest BCUT2D eigenvalue weighted by Gasteiger charge is 2.28. The second-order valence-corrected chi connectivity index (χ2v) is 3.56. The lowest BCUT2D eigenvalue weighted by Crippen LogP contribution is -2.45. The largest absolute Gasteiger partial charge is 0.368 e. The number of primary amides is 1. The van der Waals surface area contributed by atoms with Crippen LogP contribution < -0.4 is 11.1 Å². The number of rotatable bonds is 4. The predicted molar refractivity (Wildman–Crippen MR) is 44.0 cm³/mol. The van der Waals surface area contributed by atoms with E-state index < -0.39 is 0 Å². The van der Waals surface area contributed by atoms with E-state index in [1.807, 2.05) is 13.8 Å². The zero-order valence-corrected chi connectivity index (χ0v) is 7.13. The van der Waals surface area contributed by atoms with Crippen molar-refractivity contribution in [1.29, 1.82) is 0 Å². The van der Waals surface area contributed by atoms with Gasteiger partial charge in [0, 0.05) is 6.04 Å². The first-order chi connectivity index (χ1) is 5.11. The van der Waals surface area contributed by atoms with E-state index in [1.165, 1.54) is 12.8 Å². The molecular formula is C8H16N2O. The van der Waals surface area contributed by atoms with Crippen LogP contribution in [0.2, 0.25) is 0 Å². The number of carbonyl (C=O) groups is 1. The van der Waals surface area contributed by atoms with E-state index in [9.17, 15) is 4.79 Å². The maximum Gasteiger partial charge on any atom is 0.234 e. The Morgan fingerprint density at radius 1 is 1.55 bits per heavy atom. The fraction of sp³-hybridized carbons (Fsp3) is 0.875. The summed E-state index contributed by atoms with van der Waals surface area (Å²) in [5, 5.41) is 3.22. The number of amides is 1. The number of nitrogens with one attached hydrogen (secondary N) is 1. The summed E-state index contributed by atoms with van der Waals surface area (Å²) in [5.74, 6) is 0.0694.